The van der Waals surface area contributed by atoms with Crippen molar-refractivity contribution >= 4 is 11.9 Å². The van der Waals surface area contributed by atoms with E-state index < -0.39 is 0 Å². The number of nitrogens with zero attached hydrogens (tertiary/aromatic N) is 2. The molecule has 1 aromatic rings. The van der Waals surface area contributed by atoms with Crippen molar-refractivity contribution in [1.29, 1.82) is 0 Å². The summed E-state index contributed by atoms with van der Waals surface area (Å²) in [7, 11) is 4.22. The molecular formula is C13H23N3S. The first-order valence-electron chi connectivity index (χ1n) is 5.99. The van der Waals surface area contributed by atoms with Gasteiger partial charge in [-0.1, -0.05) is 18.0 Å². The molecule has 0 saturated carbocycles. The maximum atomic E-state index is 4.51. The van der Waals surface area contributed by atoms with E-state index in [1.165, 1.54) is 12.0 Å². The fourth-order valence-electron chi connectivity index (χ4n) is 1.71. The van der Waals surface area contributed by atoms with Crippen molar-refractivity contribution in [2.45, 2.75) is 25.8 Å². The number of aryl methyl sites for hydroxylation is 1. The van der Waals surface area contributed by atoms with Gasteiger partial charge in [0.1, 0.15) is 0 Å². The van der Waals surface area contributed by atoms with Crippen molar-refractivity contribution in [3.8, 4) is 0 Å². The third-order valence-electron chi connectivity index (χ3n) is 2.65. The van der Waals surface area contributed by atoms with Crippen LogP contribution in [0.3, 0.4) is 0 Å². The Kier molecular flexibility index (Phi) is 6.55. The Morgan fingerprint density at radius 2 is 2.18 bits per heavy atom. The lowest BCUT2D eigenvalue weighted by Gasteiger charge is -2.18. The first-order chi connectivity index (χ1) is 8.13. The molecule has 0 fully saturated rings. The molecule has 0 aromatic carbocycles. The molecule has 0 amide bonds. The lowest BCUT2D eigenvalue weighted by Crippen LogP contribution is -2.19. The Hall–Kier alpha value is -0.580. The Morgan fingerprint density at radius 1 is 1.41 bits per heavy atom. The van der Waals surface area contributed by atoms with E-state index >= 15 is 0 Å². The van der Waals surface area contributed by atoms with Crippen LogP contribution in [0.2, 0.25) is 0 Å². The molecule has 0 aliphatic heterocycles. The topological polar surface area (TPSA) is 28.2 Å². The van der Waals surface area contributed by atoms with E-state index in [0.717, 1.165) is 18.7 Å². The smallest absolute Gasteiger partial charge is 0.0594 e. The summed E-state index contributed by atoms with van der Waals surface area (Å²) in [5.74, 6) is 0. The van der Waals surface area contributed by atoms with Crippen LogP contribution < -0.4 is 4.72 Å². The van der Waals surface area contributed by atoms with Gasteiger partial charge in [-0.3, -0.25) is 9.71 Å². The minimum absolute atomic E-state index is 0.352. The van der Waals surface area contributed by atoms with E-state index in [-0.39, 0.29) is 0 Å². The molecule has 0 spiro atoms. The monoisotopic (exact) mass is 253 g/mol. The second kappa shape index (κ2) is 7.69. The molecule has 96 valence electrons. The Bertz CT molecular complexity index is 311. The highest BCUT2D eigenvalue weighted by Crippen LogP contribution is 2.18. The summed E-state index contributed by atoms with van der Waals surface area (Å²) < 4.78 is 3.43. The fraction of sp³-hybridized carbons (Fsp3) is 0.615. The van der Waals surface area contributed by atoms with Crippen molar-refractivity contribution in [3.63, 3.8) is 0 Å². The molecule has 0 radical (unpaired) electrons. The fourth-order valence-corrected chi connectivity index (χ4v) is 2.23. The molecule has 0 bridgehead atoms. The Labute approximate surface area is 109 Å². The summed E-state index contributed by atoms with van der Waals surface area (Å²) in [6.07, 6.45) is 6.30. The van der Waals surface area contributed by atoms with E-state index in [9.17, 15) is 0 Å². The van der Waals surface area contributed by atoms with Crippen LogP contribution in [0.1, 0.15) is 30.1 Å². The third-order valence-corrected chi connectivity index (χ3v) is 3.17. The van der Waals surface area contributed by atoms with E-state index in [2.05, 4.69) is 54.0 Å². The summed E-state index contributed by atoms with van der Waals surface area (Å²) in [5, 5.41) is 0. The number of hydrogen-bond acceptors (Lipinski definition) is 4. The minimum atomic E-state index is 0.352. The van der Waals surface area contributed by atoms with Crippen LogP contribution in [0.15, 0.2) is 18.3 Å². The Morgan fingerprint density at radius 3 is 2.71 bits per heavy atom. The molecule has 17 heavy (non-hydrogen) atoms. The van der Waals surface area contributed by atoms with Gasteiger partial charge in [0.05, 0.1) is 11.7 Å². The number of pyridine rings is 1. The first kappa shape index (κ1) is 14.5. The van der Waals surface area contributed by atoms with Gasteiger partial charge in [0, 0.05) is 6.20 Å². The molecule has 3 nitrogen and oxygen atoms in total. The first-order valence-corrected chi connectivity index (χ1v) is 7.21. The van der Waals surface area contributed by atoms with Crippen LogP contribution in [0.5, 0.6) is 0 Å². The molecule has 0 aliphatic carbocycles. The second-order valence-electron chi connectivity index (χ2n) is 4.58. The molecule has 1 atom stereocenters. The maximum Gasteiger partial charge on any atom is 0.0594 e. The lowest BCUT2D eigenvalue weighted by molar-refractivity contribution is 0.382. The van der Waals surface area contributed by atoms with Crippen LogP contribution in [-0.2, 0) is 0 Å². The molecule has 4 heteroatoms. The van der Waals surface area contributed by atoms with Gasteiger partial charge in [-0.25, -0.2) is 0 Å². The lowest BCUT2D eigenvalue weighted by atomic mass is 10.1. The van der Waals surface area contributed by atoms with Crippen molar-refractivity contribution in [2.75, 3.05) is 26.9 Å². The van der Waals surface area contributed by atoms with Gasteiger partial charge in [0.25, 0.3) is 0 Å². The van der Waals surface area contributed by atoms with Crippen molar-refractivity contribution in [1.82, 2.24) is 14.6 Å². The summed E-state index contributed by atoms with van der Waals surface area (Å²) in [6, 6.07) is 4.60. The van der Waals surface area contributed by atoms with Gasteiger partial charge in [-0.05, 0) is 58.3 Å². The van der Waals surface area contributed by atoms with Crippen LogP contribution in [0.4, 0.5) is 0 Å². The summed E-state index contributed by atoms with van der Waals surface area (Å²) in [5.41, 5.74) is 2.36. The zero-order chi connectivity index (χ0) is 12.7. The Balaban J connectivity index is 2.55. The van der Waals surface area contributed by atoms with Crippen LogP contribution >= 0.6 is 11.9 Å². The summed E-state index contributed by atoms with van der Waals surface area (Å²) >= 11 is 1.66. The molecule has 1 unspecified atom stereocenters. The molecule has 1 heterocycles. The number of aromatic nitrogens is 1. The van der Waals surface area contributed by atoms with Crippen LogP contribution in [0, 0.1) is 6.92 Å². The van der Waals surface area contributed by atoms with Crippen LogP contribution in [0.25, 0.3) is 0 Å². The zero-order valence-electron chi connectivity index (χ0n) is 11.2. The predicted octanol–water partition coefficient (Wildman–Crippen LogP) is 2.64. The number of rotatable bonds is 7. The van der Waals surface area contributed by atoms with Crippen molar-refractivity contribution < 1.29 is 0 Å². The van der Waals surface area contributed by atoms with Gasteiger partial charge in [-0.2, -0.15) is 0 Å². The largest absolute Gasteiger partial charge is 0.309 e. The average Bonchev–Trinajstić information content (AvgIpc) is 2.29. The average molecular weight is 253 g/mol. The van der Waals surface area contributed by atoms with Crippen molar-refractivity contribution in [3.05, 3.63) is 29.6 Å². The minimum Gasteiger partial charge on any atom is -0.309 e. The molecule has 1 aromatic heterocycles. The normalized spacial score (nSPS) is 13.0. The standard InChI is InChI=1S/C13H23N3S/c1-11-7-8-12(14-10-11)13(15-17-4)6-5-9-16(2)3/h7-8,10,13,15H,5-6,9H2,1-4H3. The maximum absolute atomic E-state index is 4.51. The molecule has 0 aliphatic rings. The molecule has 0 saturated heterocycles. The third kappa shape index (κ3) is 5.52. The quantitative estimate of drug-likeness (QED) is 0.756. The van der Waals surface area contributed by atoms with E-state index in [1.807, 2.05) is 6.20 Å². The van der Waals surface area contributed by atoms with Gasteiger partial charge in [0.2, 0.25) is 0 Å². The van der Waals surface area contributed by atoms with E-state index in [0.29, 0.717) is 6.04 Å². The predicted molar refractivity (Wildman–Crippen MR) is 76.2 cm³/mol. The van der Waals surface area contributed by atoms with Crippen molar-refractivity contribution in [2.24, 2.45) is 0 Å². The molecule has 1 rings (SSSR count). The van der Waals surface area contributed by atoms with Crippen LogP contribution in [-0.4, -0.2) is 36.8 Å². The summed E-state index contributed by atoms with van der Waals surface area (Å²) in [6.45, 7) is 3.19. The SMILES string of the molecule is CSNC(CCCN(C)C)c1ccc(C)cn1. The summed E-state index contributed by atoms with van der Waals surface area (Å²) in [4.78, 5) is 6.73. The highest BCUT2D eigenvalue weighted by molar-refractivity contribution is 7.96. The highest BCUT2D eigenvalue weighted by atomic mass is 32.2. The van der Waals surface area contributed by atoms with Gasteiger partial charge >= 0.3 is 0 Å². The van der Waals surface area contributed by atoms with E-state index in [4.69, 9.17) is 0 Å². The second-order valence-corrected chi connectivity index (χ2v) is 5.22. The van der Waals surface area contributed by atoms with Gasteiger partial charge < -0.3 is 4.90 Å². The van der Waals surface area contributed by atoms with Gasteiger partial charge in [-0.15, -0.1) is 0 Å². The zero-order valence-corrected chi connectivity index (χ0v) is 12.0. The van der Waals surface area contributed by atoms with Gasteiger partial charge in [0.15, 0.2) is 0 Å². The molecule has 1 N–H and O–H groups in total. The molecular weight excluding hydrogens is 230 g/mol. The number of hydrogen-bond donors (Lipinski definition) is 1. The van der Waals surface area contributed by atoms with E-state index in [1.54, 1.807) is 11.9 Å². The number of nitrogens with one attached hydrogen (secondary N) is 1. The highest BCUT2D eigenvalue weighted by Gasteiger charge is 2.11.